The Morgan fingerprint density at radius 1 is 1.22 bits per heavy atom. The van der Waals surface area contributed by atoms with Crippen molar-refractivity contribution in [3.63, 3.8) is 0 Å². The van der Waals surface area contributed by atoms with Gasteiger partial charge in [-0.3, -0.25) is 10.1 Å². The number of imidazole rings is 1. The van der Waals surface area contributed by atoms with Crippen molar-refractivity contribution in [1.29, 1.82) is 0 Å². The standard InChI is InChI=1S/C17H18N4O2/c1-4-15-19-16-12(3)11(2)9-18-17(16)20(15)10-13-5-7-14(8-6-13)21(22)23/h5-9H,4,10H2,1-3H3. The molecule has 0 saturated carbocycles. The van der Waals surface area contributed by atoms with Crippen molar-refractivity contribution in [2.45, 2.75) is 33.7 Å². The van der Waals surface area contributed by atoms with Crippen LogP contribution in [0, 0.1) is 24.0 Å². The lowest BCUT2D eigenvalue weighted by molar-refractivity contribution is -0.384. The maximum absolute atomic E-state index is 10.8. The van der Waals surface area contributed by atoms with Crippen molar-refractivity contribution in [3.05, 3.63) is 63.1 Å². The molecule has 0 bridgehead atoms. The first-order valence-electron chi connectivity index (χ1n) is 7.56. The zero-order valence-corrected chi connectivity index (χ0v) is 13.4. The number of aromatic nitrogens is 3. The molecule has 1 aromatic carbocycles. The maximum atomic E-state index is 10.8. The largest absolute Gasteiger partial charge is 0.308 e. The van der Waals surface area contributed by atoms with E-state index in [1.54, 1.807) is 12.1 Å². The Balaban J connectivity index is 2.05. The second kappa shape index (κ2) is 5.79. The Kier molecular flexibility index (Phi) is 3.82. The fourth-order valence-corrected chi connectivity index (χ4v) is 2.66. The van der Waals surface area contributed by atoms with Gasteiger partial charge < -0.3 is 4.57 Å². The van der Waals surface area contributed by atoms with E-state index >= 15 is 0 Å². The number of aryl methyl sites for hydroxylation is 3. The number of hydrogen-bond acceptors (Lipinski definition) is 4. The summed E-state index contributed by atoms with van der Waals surface area (Å²) in [5.74, 6) is 0.972. The van der Waals surface area contributed by atoms with Crippen LogP contribution in [0.5, 0.6) is 0 Å². The van der Waals surface area contributed by atoms with Crippen molar-refractivity contribution < 1.29 is 4.92 Å². The van der Waals surface area contributed by atoms with Crippen LogP contribution in [0.25, 0.3) is 11.2 Å². The molecule has 0 unspecified atom stereocenters. The number of fused-ring (bicyclic) bond motifs is 1. The molecule has 0 N–H and O–H groups in total. The van der Waals surface area contributed by atoms with Gasteiger partial charge >= 0.3 is 0 Å². The van der Waals surface area contributed by atoms with E-state index in [2.05, 4.69) is 23.4 Å². The molecule has 3 aromatic rings. The fourth-order valence-electron chi connectivity index (χ4n) is 2.66. The predicted molar refractivity (Wildman–Crippen MR) is 88.6 cm³/mol. The van der Waals surface area contributed by atoms with E-state index in [-0.39, 0.29) is 10.6 Å². The van der Waals surface area contributed by atoms with E-state index in [0.717, 1.165) is 40.1 Å². The summed E-state index contributed by atoms with van der Waals surface area (Å²) in [5, 5.41) is 10.8. The number of rotatable bonds is 4. The van der Waals surface area contributed by atoms with Crippen LogP contribution in [-0.2, 0) is 13.0 Å². The van der Waals surface area contributed by atoms with Gasteiger partial charge in [0.05, 0.1) is 11.5 Å². The van der Waals surface area contributed by atoms with Gasteiger partial charge in [-0.15, -0.1) is 0 Å². The minimum Gasteiger partial charge on any atom is -0.308 e. The molecule has 0 fully saturated rings. The molecule has 0 aliphatic rings. The summed E-state index contributed by atoms with van der Waals surface area (Å²) >= 11 is 0. The molecule has 0 amide bonds. The molecule has 0 aliphatic carbocycles. The van der Waals surface area contributed by atoms with Crippen molar-refractivity contribution in [2.24, 2.45) is 0 Å². The van der Waals surface area contributed by atoms with Gasteiger partial charge in [0.1, 0.15) is 11.3 Å². The molecule has 0 radical (unpaired) electrons. The highest BCUT2D eigenvalue weighted by atomic mass is 16.6. The summed E-state index contributed by atoms with van der Waals surface area (Å²) in [5.41, 5.74) is 5.16. The molecule has 0 atom stereocenters. The molecule has 23 heavy (non-hydrogen) atoms. The van der Waals surface area contributed by atoms with Crippen LogP contribution in [0.3, 0.4) is 0 Å². The smallest absolute Gasteiger partial charge is 0.269 e. The summed E-state index contributed by atoms with van der Waals surface area (Å²) in [6.45, 7) is 6.76. The van der Waals surface area contributed by atoms with Crippen LogP contribution < -0.4 is 0 Å². The van der Waals surface area contributed by atoms with Gasteiger partial charge in [0.15, 0.2) is 5.65 Å². The van der Waals surface area contributed by atoms with Gasteiger partial charge in [0.2, 0.25) is 0 Å². The summed E-state index contributed by atoms with van der Waals surface area (Å²) in [4.78, 5) is 19.6. The minimum absolute atomic E-state index is 0.101. The van der Waals surface area contributed by atoms with Crippen LogP contribution in [0.1, 0.15) is 29.4 Å². The van der Waals surface area contributed by atoms with E-state index in [1.165, 1.54) is 12.1 Å². The number of pyridine rings is 1. The number of non-ortho nitro benzene ring substituents is 1. The zero-order valence-electron chi connectivity index (χ0n) is 13.4. The molecule has 3 rings (SSSR count). The first-order valence-corrected chi connectivity index (χ1v) is 7.56. The van der Waals surface area contributed by atoms with Crippen LogP contribution in [0.15, 0.2) is 30.5 Å². The van der Waals surface area contributed by atoms with Gasteiger partial charge in [-0.2, -0.15) is 0 Å². The van der Waals surface area contributed by atoms with Gasteiger partial charge in [0.25, 0.3) is 5.69 Å². The third kappa shape index (κ3) is 2.67. The summed E-state index contributed by atoms with van der Waals surface area (Å²) in [6, 6.07) is 6.63. The fraction of sp³-hybridized carbons (Fsp3) is 0.294. The summed E-state index contributed by atoms with van der Waals surface area (Å²) in [7, 11) is 0. The lowest BCUT2D eigenvalue weighted by Crippen LogP contribution is -2.05. The van der Waals surface area contributed by atoms with Crippen LogP contribution >= 0.6 is 0 Å². The number of benzene rings is 1. The SMILES string of the molecule is CCc1nc2c(C)c(C)cnc2n1Cc1ccc([N+](=O)[O-])cc1. The van der Waals surface area contributed by atoms with E-state index in [0.29, 0.717) is 6.54 Å². The van der Waals surface area contributed by atoms with Gasteiger partial charge in [-0.1, -0.05) is 19.1 Å². The Labute approximate surface area is 134 Å². The van der Waals surface area contributed by atoms with Crippen molar-refractivity contribution in [1.82, 2.24) is 14.5 Å². The highest BCUT2D eigenvalue weighted by Gasteiger charge is 2.14. The normalized spacial score (nSPS) is 11.1. The van der Waals surface area contributed by atoms with Crippen LogP contribution in [-0.4, -0.2) is 19.5 Å². The van der Waals surface area contributed by atoms with Gasteiger partial charge in [-0.25, -0.2) is 9.97 Å². The summed E-state index contributed by atoms with van der Waals surface area (Å²) in [6.07, 6.45) is 2.67. The highest BCUT2D eigenvalue weighted by molar-refractivity contribution is 5.76. The van der Waals surface area contributed by atoms with E-state index in [9.17, 15) is 10.1 Å². The van der Waals surface area contributed by atoms with E-state index in [4.69, 9.17) is 4.98 Å². The lowest BCUT2D eigenvalue weighted by Gasteiger charge is -2.08. The predicted octanol–water partition coefficient (Wildman–Crippen LogP) is 3.57. The lowest BCUT2D eigenvalue weighted by atomic mass is 10.1. The molecule has 0 saturated heterocycles. The number of hydrogen-bond donors (Lipinski definition) is 0. The molecule has 0 spiro atoms. The Hall–Kier alpha value is -2.76. The van der Waals surface area contributed by atoms with E-state index in [1.807, 2.05) is 13.1 Å². The number of nitro groups is 1. The second-order valence-electron chi connectivity index (χ2n) is 5.63. The number of nitrogens with zero attached hydrogens (tertiary/aromatic N) is 4. The minimum atomic E-state index is -0.387. The third-order valence-electron chi connectivity index (χ3n) is 4.15. The first kappa shape index (κ1) is 15.1. The van der Waals surface area contributed by atoms with Crippen molar-refractivity contribution in [3.8, 4) is 0 Å². The Morgan fingerprint density at radius 2 is 1.91 bits per heavy atom. The Morgan fingerprint density at radius 3 is 2.52 bits per heavy atom. The molecular weight excluding hydrogens is 292 g/mol. The molecule has 0 aliphatic heterocycles. The van der Waals surface area contributed by atoms with Crippen LogP contribution in [0.4, 0.5) is 5.69 Å². The zero-order chi connectivity index (χ0) is 16.6. The van der Waals surface area contributed by atoms with Gasteiger partial charge in [0, 0.05) is 24.8 Å². The van der Waals surface area contributed by atoms with Gasteiger partial charge in [-0.05, 0) is 30.5 Å². The van der Waals surface area contributed by atoms with Crippen molar-refractivity contribution in [2.75, 3.05) is 0 Å². The third-order valence-corrected chi connectivity index (χ3v) is 4.15. The quantitative estimate of drug-likeness (QED) is 0.545. The summed E-state index contributed by atoms with van der Waals surface area (Å²) < 4.78 is 2.09. The average Bonchev–Trinajstić information content (AvgIpc) is 2.90. The second-order valence-corrected chi connectivity index (χ2v) is 5.63. The van der Waals surface area contributed by atoms with E-state index < -0.39 is 0 Å². The Bertz CT molecular complexity index is 882. The molecule has 6 nitrogen and oxygen atoms in total. The first-order chi connectivity index (χ1) is 11.0. The average molecular weight is 310 g/mol. The molecule has 2 aromatic heterocycles. The van der Waals surface area contributed by atoms with Crippen molar-refractivity contribution >= 4 is 16.9 Å². The van der Waals surface area contributed by atoms with Crippen LogP contribution in [0.2, 0.25) is 0 Å². The molecule has 2 heterocycles. The molecule has 6 heteroatoms. The molecule has 118 valence electrons. The highest BCUT2D eigenvalue weighted by Crippen LogP contribution is 2.22. The number of nitro benzene ring substituents is 1. The molecular formula is C17H18N4O2. The maximum Gasteiger partial charge on any atom is 0.269 e. The topological polar surface area (TPSA) is 73.8 Å². The monoisotopic (exact) mass is 310 g/mol.